The lowest BCUT2D eigenvalue weighted by atomic mass is 10.0. The maximum absolute atomic E-state index is 12.5. The van der Waals surface area contributed by atoms with Crippen molar-refractivity contribution >= 4 is 27.3 Å². The monoisotopic (exact) mass is 331 g/mol. The summed E-state index contributed by atoms with van der Waals surface area (Å²) in [6.07, 6.45) is 3.75. The van der Waals surface area contributed by atoms with E-state index in [0.717, 1.165) is 37.0 Å². The van der Waals surface area contributed by atoms with Gasteiger partial charge >= 0.3 is 5.97 Å². The summed E-state index contributed by atoms with van der Waals surface area (Å²) in [6, 6.07) is 0.678. The predicted octanol–water partition coefficient (Wildman–Crippen LogP) is 0.491. The Labute approximate surface area is 127 Å². The second kappa shape index (κ2) is 5.64. The average Bonchev–Trinajstić information content (AvgIpc) is 3.05. The Kier molecular flexibility index (Phi) is 4.00. The highest BCUT2D eigenvalue weighted by Gasteiger charge is 2.36. The van der Waals surface area contributed by atoms with E-state index in [1.807, 2.05) is 0 Å². The van der Waals surface area contributed by atoms with Crippen LogP contribution in [0, 0.1) is 0 Å². The maximum atomic E-state index is 12.5. The molecule has 0 aromatic carbocycles. The van der Waals surface area contributed by atoms with Gasteiger partial charge in [0.2, 0.25) is 0 Å². The summed E-state index contributed by atoms with van der Waals surface area (Å²) in [5, 5.41) is 3.46. The highest BCUT2D eigenvalue weighted by Crippen LogP contribution is 2.28. The molecule has 116 valence electrons. The van der Waals surface area contributed by atoms with Crippen LogP contribution in [-0.2, 0) is 14.8 Å². The van der Waals surface area contributed by atoms with Crippen LogP contribution in [-0.4, -0.2) is 44.6 Å². The fourth-order valence-electron chi connectivity index (χ4n) is 3.09. The quantitative estimate of drug-likeness (QED) is 0.780. The van der Waals surface area contributed by atoms with Gasteiger partial charge in [-0.15, -0.1) is 11.3 Å². The number of hydrogen-bond acceptors (Lipinski definition) is 7. The Hall–Kier alpha value is -1.03. The minimum Gasteiger partial charge on any atom is -0.464 e. The predicted molar refractivity (Wildman–Crippen MR) is 76.7 cm³/mol. The molecule has 2 bridgehead atoms. The van der Waals surface area contributed by atoms with Crippen LogP contribution in [0.15, 0.2) is 9.72 Å². The number of esters is 1. The fourth-order valence-corrected chi connectivity index (χ4v) is 5.50. The molecule has 0 amide bonds. The molecule has 2 fully saturated rings. The maximum Gasteiger partial charge on any atom is 0.358 e. The first kappa shape index (κ1) is 14.9. The molecule has 2 atom stereocenters. The van der Waals surface area contributed by atoms with Crippen molar-refractivity contribution in [2.75, 3.05) is 7.11 Å². The van der Waals surface area contributed by atoms with Gasteiger partial charge in [-0.1, -0.05) is 0 Å². The van der Waals surface area contributed by atoms with Crippen LogP contribution >= 0.6 is 11.3 Å². The number of ether oxygens (including phenoxy) is 1. The van der Waals surface area contributed by atoms with Gasteiger partial charge in [-0.3, -0.25) is 0 Å². The zero-order valence-corrected chi connectivity index (χ0v) is 13.2. The van der Waals surface area contributed by atoms with Crippen LogP contribution in [0.4, 0.5) is 0 Å². The third-order valence-corrected chi connectivity index (χ3v) is 6.84. The Morgan fingerprint density at radius 3 is 2.71 bits per heavy atom. The third kappa shape index (κ3) is 2.96. The van der Waals surface area contributed by atoms with E-state index in [2.05, 4.69) is 19.8 Å². The molecule has 0 aliphatic carbocycles. The van der Waals surface area contributed by atoms with Crippen molar-refractivity contribution in [1.82, 2.24) is 15.0 Å². The second-order valence-corrected chi connectivity index (χ2v) is 8.17. The topological polar surface area (TPSA) is 97.4 Å². The van der Waals surface area contributed by atoms with Crippen LogP contribution in [0.2, 0.25) is 0 Å². The molecule has 1 aromatic heterocycles. The van der Waals surface area contributed by atoms with E-state index in [4.69, 9.17) is 0 Å². The first-order valence-electron chi connectivity index (χ1n) is 6.80. The number of aromatic nitrogens is 1. The van der Waals surface area contributed by atoms with Gasteiger partial charge in [-0.05, 0) is 25.7 Å². The number of carbonyl (C=O) groups is 1. The molecule has 2 aliphatic heterocycles. The molecule has 2 aliphatic rings. The molecule has 21 heavy (non-hydrogen) atoms. The molecule has 1 aromatic rings. The van der Waals surface area contributed by atoms with Crippen LogP contribution < -0.4 is 10.0 Å². The number of hydrogen-bond donors (Lipinski definition) is 2. The highest BCUT2D eigenvalue weighted by molar-refractivity contribution is 7.91. The summed E-state index contributed by atoms with van der Waals surface area (Å²) in [6.45, 7) is 0. The minimum absolute atomic E-state index is 0.0692. The smallest absolute Gasteiger partial charge is 0.358 e. The summed E-state index contributed by atoms with van der Waals surface area (Å²) in [5.41, 5.74) is 1.19. The fraction of sp³-hybridized carbons (Fsp3) is 0.667. The normalized spacial score (nSPS) is 28.5. The number of carbonyl (C=O) groups excluding carboxylic acids is 1. The molecular weight excluding hydrogens is 314 g/mol. The lowest BCUT2D eigenvalue weighted by Crippen LogP contribution is -2.47. The summed E-state index contributed by atoms with van der Waals surface area (Å²) < 4.78 is 32.1. The number of rotatable bonds is 4. The van der Waals surface area contributed by atoms with Gasteiger partial charge in [0.25, 0.3) is 10.0 Å². The Bertz CT molecular complexity index is 631. The number of fused-ring (bicyclic) bond motifs is 2. The first-order chi connectivity index (χ1) is 9.99. The molecule has 3 rings (SSSR count). The van der Waals surface area contributed by atoms with E-state index in [0.29, 0.717) is 12.1 Å². The molecule has 9 heteroatoms. The number of piperidine rings is 1. The summed E-state index contributed by atoms with van der Waals surface area (Å²) in [7, 11) is -2.54. The van der Waals surface area contributed by atoms with Gasteiger partial charge in [0.1, 0.15) is 0 Å². The van der Waals surface area contributed by atoms with E-state index in [1.54, 1.807) is 0 Å². The van der Waals surface area contributed by atoms with Crippen molar-refractivity contribution in [1.29, 1.82) is 0 Å². The van der Waals surface area contributed by atoms with E-state index in [1.165, 1.54) is 12.6 Å². The summed E-state index contributed by atoms with van der Waals surface area (Å²) >= 11 is 0.928. The molecule has 0 radical (unpaired) electrons. The van der Waals surface area contributed by atoms with Gasteiger partial charge in [-0.2, -0.15) is 0 Å². The molecule has 7 nitrogen and oxygen atoms in total. The highest BCUT2D eigenvalue weighted by atomic mass is 32.2. The van der Waals surface area contributed by atoms with Crippen LogP contribution in [0.25, 0.3) is 0 Å². The van der Waals surface area contributed by atoms with E-state index < -0.39 is 16.0 Å². The van der Waals surface area contributed by atoms with E-state index in [9.17, 15) is 13.2 Å². The molecule has 2 N–H and O–H groups in total. The van der Waals surface area contributed by atoms with Gasteiger partial charge < -0.3 is 10.1 Å². The number of nitrogens with zero attached hydrogens (tertiary/aromatic N) is 1. The van der Waals surface area contributed by atoms with Gasteiger partial charge in [0.15, 0.2) is 9.90 Å². The van der Waals surface area contributed by atoms with Gasteiger partial charge in [0, 0.05) is 18.1 Å². The van der Waals surface area contributed by atoms with E-state index >= 15 is 0 Å². The largest absolute Gasteiger partial charge is 0.464 e. The zero-order valence-electron chi connectivity index (χ0n) is 11.5. The second-order valence-electron chi connectivity index (χ2n) is 5.41. The Balaban J connectivity index is 1.78. The molecule has 3 heterocycles. The summed E-state index contributed by atoms with van der Waals surface area (Å²) in [5.74, 6) is -0.734. The third-order valence-electron chi connectivity index (χ3n) is 3.95. The molecule has 2 saturated heterocycles. The Morgan fingerprint density at radius 1 is 1.43 bits per heavy atom. The average molecular weight is 331 g/mol. The lowest BCUT2D eigenvalue weighted by molar-refractivity contribution is 0.0590. The van der Waals surface area contributed by atoms with Crippen molar-refractivity contribution in [3.63, 3.8) is 0 Å². The number of nitrogens with one attached hydrogen (secondary N) is 2. The number of thiazole rings is 1. The van der Waals surface area contributed by atoms with E-state index in [-0.39, 0.29) is 15.9 Å². The molecule has 2 unspecified atom stereocenters. The van der Waals surface area contributed by atoms with Crippen molar-refractivity contribution in [2.45, 2.75) is 48.0 Å². The Morgan fingerprint density at radius 2 is 2.10 bits per heavy atom. The van der Waals surface area contributed by atoms with Crippen LogP contribution in [0.1, 0.15) is 36.2 Å². The van der Waals surface area contributed by atoms with Gasteiger partial charge in [-0.25, -0.2) is 22.9 Å². The standard InChI is InChI=1S/C12H17N3O4S2/c1-19-11(16)10-12(20-6-13-10)21(17,18)15-9-4-7-2-3-8(5-9)14-7/h6-9,14-15H,2-5H2,1H3. The van der Waals surface area contributed by atoms with Crippen molar-refractivity contribution in [3.05, 3.63) is 11.2 Å². The minimum atomic E-state index is -3.74. The van der Waals surface area contributed by atoms with Crippen LogP contribution in [0.3, 0.4) is 0 Å². The molecular formula is C12H17N3O4S2. The first-order valence-corrected chi connectivity index (χ1v) is 9.16. The zero-order chi connectivity index (χ0) is 15.0. The van der Waals surface area contributed by atoms with Crippen molar-refractivity contribution in [2.24, 2.45) is 0 Å². The number of sulfonamides is 1. The van der Waals surface area contributed by atoms with Crippen molar-refractivity contribution < 1.29 is 17.9 Å². The molecule has 0 spiro atoms. The lowest BCUT2D eigenvalue weighted by Gasteiger charge is -2.29. The van der Waals surface area contributed by atoms with Gasteiger partial charge in [0.05, 0.1) is 12.6 Å². The number of methoxy groups -OCH3 is 1. The van der Waals surface area contributed by atoms with Crippen LogP contribution in [0.5, 0.6) is 0 Å². The van der Waals surface area contributed by atoms with Crippen molar-refractivity contribution in [3.8, 4) is 0 Å². The molecule has 0 saturated carbocycles. The SMILES string of the molecule is COC(=O)c1ncsc1S(=O)(=O)NC1CC2CCC(C1)N2. The summed E-state index contributed by atoms with van der Waals surface area (Å²) in [4.78, 5) is 15.4.